The molecular weight excluding hydrogens is 323 g/mol. The zero-order valence-corrected chi connectivity index (χ0v) is 13.5. The van der Waals surface area contributed by atoms with Crippen molar-refractivity contribution < 1.29 is 9.18 Å². The van der Waals surface area contributed by atoms with E-state index < -0.39 is 0 Å². The van der Waals surface area contributed by atoms with Crippen LogP contribution in [0.5, 0.6) is 0 Å². The van der Waals surface area contributed by atoms with E-state index in [1.54, 1.807) is 40.1 Å². The molecule has 7 nitrogen and oxygen atoms in total. The highest BCUT2D eigenvalue weighted by atomic mass is 19.1. The van der Waals surface area contributed by atoms with Gasteiger partial charge in [0.25, 0.3) is 0 Å². The maximum atomic E-state index is 13.0. The Bertz CT molecular complexity index is 858. The predicted octanol–water partition coefficient (Wildman–Crippen LogP) is 1.75. The van der Waals surface area contributed by atoms with Crippen LogP contribution in [0.15, 0.2) is 49.1 Å². The molecule has 0 aliphatic carbocycles. The highest BCUT2D eigenvalue weighted by Crippen LogP contribution is 2.21. The van der Waals surface area contributed by atoms with Crippen molar-refractivity contribution >= 4 is 5.91 Å². The Morgan fingerprint density at radius 3 is 2.84 bits per heavy atom. The van der Waals surface area contributed by atoms with Gasteiger partial charge in [-0.25, -0.2) is 9.07 Å². The highest BCUT2D eigenvalue weighted by Gasteiger charge is 2.27. The van der Waals surface area contributed by atoms with Crippen LogP contribution in [0.1, 0.15) is 12.5 Å². The quantitative estimate of drug-likeness (QED) is 0.726. The molecule has 0 saturated carbocycles. The van der Waals surface area contributed by atoms with Gasteiger partial charge in [0.2, 0.25) is 5.91 Å². The molecule has 8 heteroatoms. The summed E-state index contributed by atoms with van der Waals surface area (Å²) in [4.78, 5) is 14.3. The fraction of sp³-hybridized carbons (Fsp3) is 0.294. The second-order valence-electron chi connectivity index (χ2n) is 6.10. The monoisotopic (exact) mass is 340 g/mol. The third kappa shape index (κ3) is 3.28. The van der Waals surface area contributed by atoms with E-state index in [0.29, 0.717) is 13.1 Å². The van der Waals surface area contributed by atoms with E-state index in [1.165, 1.54) is 12.1 Å². The first-order valence-corrected chi connectivity index (χ1v) is 8.11. The highest BCUT2D eigenvalue weighted by molar-refractivity contribution is 5.76. The van der Waals surface area contributed by atoms with Crippen molar-refractivity contribution in [2.75, 3.05) is 13.1 Å². The molecule has 1 unspecified atom stereocenters. The fourth-order valence-electron chi connectivity index (χ4n) is 3.08. The van der Waals surface area contributed by atoms with Crippen LogP contribution in [0.4, 0.5) is 4.39 Å². The molecule has 0 bridgehead atoms. The number of nitrogens with zero attached hydrogens (tertiary/aromatic N) is 6. The normalized spacial score (nSPS) is 17.2. The molecule has 0 N–H and O–H groups in total. The Labute approximate surface area is 143 Å². The molecule has 1 aliphatic rings. The van der Waals surface area contributed by atoms with Crippen molar-refractivity contribution in [1.82, 2.24) is 29.7 Å². The second kappa shape index (κ2) is 6.46. The zero-order chi connectivity index (χ0) is 17.2. The van der Waals surface area contributed by atoms with Crippen LogP contribution in [0, 0.1) is 5.82 Å². The summed E-state index contributed by atoms with van der Waals surface area (Å²) in [6.07, 6.45) is 7.82. The van der Waals surface area contributed by atoms with Crippen molar-refractivity contribution in [1.29, 1.82) is 0 Å². The van der Waals surface area contributed by atoms with Crippen LogP contribution in [0.2, 0.25) is 0 Å². The van der Waals surface area contributed by atoms with Gasteiger partial charge in [0.05, 0.1) is 18.4 Å². The molecule has 2 aromatic heterocycles. The summed E-state index contributed by atoms with van der Waals surface area (Å²) >= 11 is 0. The summed E-state index contributed by atoms with van der Waals surface area (Å²) < 4.78 is 16.4. The lowest BCUT2D eigenvalue weighted by Gasteiger charge is -2.16. The number of carbonyl (C=O) groups excluding carboxylic acids is 1. The van der Waals surface area contributed by atoms with E-state index in [0.717, 1.165) is 17.5 Å². The number of likely N-dealkylation sites (tertiary alicyclic amines) is 1. The fourth-order valence-corrected chi connectivity index (χ4v) is 3.08. The first-order valence-electron chi connectivity index (χ1n) is 8.11. The molecule has 128 valence electrons. The van der Waals surface area contributed by atoms with Gasteiger partial charge in [-0.1, -0.05) is 17.3 Å². The number of hydrogen-bond donors (Lipinski definition) is 0. The molecular formula is C17H17FN6O. The number of rotatable bonds is 4. The van der Waals surface area contributed by atoms with Crippen molar-refractivity contribution in [3.63, 3.8) is 0 Å². The van der Waals surface area contributed by atoms with Gasteiger partial charge in [0, 0.05) is 31.0 Å². The Balaban J connectivity index is 1.39. The number of hydrogen-bond acceptors (Lipinski definition) is 4. The molecule has 4 rings (SSSR count). The summed E-state index contributed by atoms with van der Waals surface area (Å²) in [5.74, 6) is -0.251. The SMILES string of the molecule is O=C(Cn1cc(-c2ccc(F)cc2)cn1)N1CCC(n2ccnn2)C1. The minimum atomic E-state index is -0.276. The first kappa shape index (κ1) is 15.5. The number of amides is 1. The molecule has 1 fully saturated rings. The predicted molar refractivity (Wildman–Crippen MR) is 87.9 cm³/mol. The molecule has 0 spiro atoms. The molecule has 1 atom stereocenters. The largest absolute Gasteiger partial charge is 0.339 e. The lowest BCUT2D eigenvalue weighted by atomic mass is 10.1. The van der Waals surface area contributed by atoms with Crippen LogP contribution in [-0.4, -0.2) is 48.7 Å². The van der Waals surface area contributed by atoms with Gasteiger partial charge in [-0.2, -0.15) is 5.10 Å². The molecule has 1 aromatic carbocycles. The number of benzene rings is 1. The van der Waals surface area contributed by atoms with Crippen LogP contribution < -0.4 is 0 Å². The number of carbonyl (C=O) groups is 1. The smallest absolute Gasteiger partial charge is 0.244 e. The minimum Gasteiger partial charge on any atom is -0.339 e. The van der Waals surface area contributed by atoms with Crippen LogP contribution >= 0.6 is 0 Å². The summed E-state index contributed by atoms with van der Waals surface area (Å²) in [5, 5.41) is 12.1. The molecule has 25 heavy (non-hydrogen) atoms. The van der Waals surface area contributed by atoms with Crippen molar-refractivity contribution in [3.05, 3.63) is 54.9 Å². The van der Waals surface area contributed by atoms with E-state index in [2.05, 4.69) is 15.4 Å². The lowest BCUT2D eigenvalue weighted by Crippen LogP contribution is -2.32. The minimum absolute atomic E-state index is 0.0244. The molecule has 1 saturated heterocycles. The van der Waals surface area contributed by atoms with E-state index in [4.69, 9.17) is 0 Å². The Kier molecular flexibility index (Phi) is 4.01. The average Bonchev–Trinajstić information content (AvgIpc) is 3.36. The van der Waals surface area contributed by atoms with E-state index in [9.17, 15) is 9.18 Å². The van der Waals surface area contributed by atoms with Gasteiger partial charge >= 0.3 is 0 Å². The van der Waals surface area contributed by atoms with Crippen LogP contribution in [-0.2, 0) is 11.3 Å². The average molecular weight is 340 g/mol. The zero-order valence-electron chi connectivity index (χ0n) is 13.5. The number of aromatic nitrogens is 5. The van der Waals surface area contributed by atoms with E-state index in [1.807, 2.05) is 11.1 Å². The third-order valence-electron chi connectivity index (χ3n) is 4.44. The molecule has 3 heterocycles. The Morgan fingerprint density at radius 1 is 1.24 bits per heavy atom. The van der Waals surface area contributed by atoms with Gasteiger partial charge in [0.1, 0.15) is 12.4 Å². The summed E-state index contributed by atoms with van der Waals surface area (Å²) in [5.41, 5.74) is 1.72. The van der Waals surface area contributed by atoms with Gasteiger partial charge in [-0.3, -0.25) is 9.48 Å². The van der Waals surface area contributed by atoms with Crippen LogP contribution in [0.3, 0.4) is 0 Å². The maximum absolute atomic E-state index is 13.0. The third-order valence-corrected chi connectivity index (χ3v) is 4.44. The van der Waals surface area contributed by atoms with Gasteiger partial charge in [-0.15, -0.1) is 5.10 Å². The molecule has 0 radical (unpaired) electrons. The van der Waals surface area contributed by atoms with Gasteiger partial charge < -0.3 is 4.90 Å². The standard InChI is InChI=1S/C17H17FN6O/c18-15-3-1-13(2-4-15)14-9-20-23(10-14)12-17(25)22-7-5-16(11-22)24-8-6-19-21-24/h1-4,6,8-10,16H,5,7,11-12H2. The van der Waals surface area contributed by atoms with Crippen molar-refractivity contribution in [2.45, 2.75) is 19.0 Å². The topological polar surface area (TPSA) is 68.8 Å². The van der Waals surface area contributed by atoms with Crippen LogP contribution in [0.25, 0.3) is 11.1 Å². The van der Waals surface area contributed by atoms with E-state index >= 15 is 0 Å². The van der Waals surface area contributed by atoms with Gasteiger partial charge in [0.15, 0.2) is 0 Å². The van der Waals surface area contributed by atoms with Crippen molar-refractivity contribution in [2.24, 2.45) is 0 Å². The summed E-state index contributed by atoms with van der Waals surface area (Å²) in [6, 6.07) is 6.39. The van der Waals surface area contributed by atoms with Crippen molar-refractivity contribution in [3.8, 4) is 11.1 Å². The molecule has 3 aromatic rings. The Morgan fingerprint density at radius 2 is 2.08 bits per heavy atom. The second-order valence-corrected chi connectivity index (χ2v) is 6.10. The Hall–Kier alpha value is -3.03. The maximum Gasteiger partial charge on any atom is 0.244 e. The lowest BCUT2D eigenvalue weighted by molar-refractivity contribution is -0.131. The first-order chi connectivity index (χ1) is 12.2. The summed E-state index contributed by atoms with van der Waals surface area (Å²) in [7, 11) is 0. The molecule has 1 aliphatic heterocycles. The molecule has 1 amide bonds. The number of halogens is 1. The van der Waals surface area contributed by atoms with Gasteiger partial charge in [-0.05, 0) is 24.1 Å². The van der Waals surface area contributed by atoms with E-state index in [-0.39, 0.29) is 24.3 Å². The summed E-state index contributed by atoms with van der Waals surface area (Å²) in [6.45, 7) is 1.52.